The number of sulfonamides is 2. The summed E-state index contributed by atoms with van der Waals surface area (Å²) in [4.78, 5) is 46.5. The van der Waals surface area contributed by atoms with E-state index in [0.717, 1.165) is 32.9 Å². The standard InChI is InChI=1S/C34H36N6O10S2/c41-33(25-37(27-15-19-29(20-16-27)39(43)44)51(47,48)31-11-5-3-6-12-31)35-23-9-1-2-10-24-36-34(42)26-38(28-17-21-30(22-18-28)40(45)46)52(49,50)32-13-7-4-8-14-32/h3-8,11-22H,1-2,9-10,23-26H2,(H,35,41)(H,36,42). The van der Waals surface area contributed by atoms with Crippen LogP contribution < -0.4 is 19.2 Å². The van der Waals surface area contributed by atoms with Gasteiger partial charge in [0.15, 0.2) is 0 Å². The smallest absolute Gasteiger partial charge is 0.269 e. The maximum atomic E-state index is 13.4. The summed E-state index contributed by atoms with van der Waals surface area (Å²) in [6.07, 6.45) is 2.40. The molecular weight excluding hydrogens is 717 g/mol. The molecule has 4 rings (SSSR count). The molecule has 0 aliphatic carbocycles. The minimum Gasteiger partial charge on any atom is -0.355 e. The van der Waals surface area contributed by atoms with Gasteiger partial charge in [0.05, 0.1) is 31.0 Å². The molecule has 18 heteroatoms. The molecule has 16 nitrogen and oxygen atoms in total. The molecule has 0 atom stereocenters. The Balaban J connectivity index is 1.25. The highest BCUT2D eigenvalue weighted by Crippen LogP contribution is 2.27. The quantitative estimate of drug-likeness (QED) is 0.0782. The molecule has 274 valence electrons. The second-order valence-corrected chi connectivity index (χ2v) is 15.0. The van der Waals surface area contributed by atoms with Crippen LogP contribution in [0.15, 0.2) is 119 Å². The van der Waals surface area contributed by atoms with Gasteiger partial charge in [0.25, 0.3) is 31.4 Å². The first-order valence-electron chi connectivity index (χ1n) is 16.0. The van der Waals surface area contributed by atoms with E-state index in [9.17, 15) is 46.7 Å². The zero-order chi connectivity index (χ0) is 37.7. The van der Waals surface area contributed by atoms with Gasteiger partial charge in [0.1, 0.15) is 13.1 Å². The number of nitro groups is 2. The number of amides is 2. The number of nitrogens with one attached hydrogen (secondary N) is 2. The van der Waals surface area contributed by atoms with Crippen LogP contribution in [0.2, 0.25) is 0 Å². The molecule has 0 bridgehead atoms. The lowest BCUT2D eigenvalue weighted by Gasteiger charge is -2.24. The number of non-ortho nitro benzene ring substituents is 2. The van der Waals surface area contributed by atoms with Crippen molar-refractivity contribution in [3.8, 4) is 0 Å². The fourth-order valence-electron chi connectivity index (χ4n) is 4.98. The maximum absolute atomic E-state index is 13.4. The molecule has 0 heterocycles. The molecule has 0 radical (unpaired) electrons. The summed E-state index contributed by atoms with van der Waals surface area (Å²) in [7, 11) is -8.36. The van der Waals surface area contributed by atoms with Gasteiger partial charge >= 0.3 is 0 Å². The van der Waals surface area contributed by atoms with E-state index in [1.807, 2.05) is 0 Å². The van der Waals surface area contributed by atoms with Crippen LogP contribution in [0.1, 0.15) is 25.7 Å². The van der Waals surface area contributed by atoms with Gasteiger partial charge in [0.2, 0.25) is 11.8 Å². The van der Waals surface area contributed by atoms with Crippen molar-refractivity contribution in [2.75, 3.05) is 34.8 Å². The first-order valence-corrected chi connectivity index (χ1v) is 18.9. The molecule has 0 fully saturated rings. The Morgan fingerprint density at radius 2 is 0.846 bits per heavy atom. The highest BCUT2D eigenvalue weighted by molar-refractivity contribution is 7.93. The Kier molecular flexibility index (Phi) is 13.4. The Bertz CT molecular complexity index is 1920. The van der Waals surface area contributed by atoms with Gasteiger partial charge in [-0.05, 0) is 61.4 Å². The molecule has 0 aromatic heterocycles. The lowest BCUT2D eigenvalue weighted by atomic mass is 10.2. The van der Waals surface area contributed by atoms with Gasteiger partial charge < -0.3 is 10.6 Å². The highest BCUT2D eigenvalue weighted by Gasteiger charge is 2.29. The Hall–Kier alpha value is -5.88. The summed E-state index contributed by atoms with van der Waals surface area (Å²) >= 11 is 0. The number of nitrogens with zero attached hydrogens (tertiary/aromatic N) is 4. The normalized spacial score (nSPS) is 11.3. The SMILES string of the molecule is O=C(CN(c1ccc([N+](=O)[O-])cc1)S(=O)(=O)c1ccccc1)NCCCCCCNC(=O)CN(c1ccc([N+](=O)[O-])cc1)S(=O)(=O)c1ccccc1. The van der Waals surface area contributed by atoms with Crippen LogP contribution in [-0.4, -0.2) is 64.7 Å². The van der Waals surface area contributed by atoms with E-state index in [-0.39, 0.29) is 45.6 Å². The molecule has 0 aliphatic heterocycles. The second-order valence-electron chi connectivity index (χ2n) is 11.3. The number of carbonyl (C=O) groups excluding carboxylic acids is 2. The number of benzene rings is 4. The summed E-state index contributed by atoms with van der Waals surface area (Å²) < 4.78 is 55.4. The highest BCUT2D eigenvalue weighted by atomic mass is 32.2. The summed E-state index contributed by atoms with van der Waals surface area (Å²) in [5.74, 6) is -1.15. The fourth-order valence-corrected chi connectivity index (χ4v) is 7.87. The lowest BCUT2D eigenvalue weighted by Crippen LogP contribution is -2.41. The minimum atomic E-state index is -4.18. The Morgan fingerprint density at radius 1 is 0.519 bits per heavy atom. The van der Waals surface area contributed by atoms with Crippen LogP contribution in [0, 0.1) is 20.2 Å². The predicted molar refractivity (Wildman–Crippen MR) is 193 cm³/mol. The molecule has 2 amide bonds. The van der Waals surface area contributed by atoms with Crippen LogP contribution in [0.5, 0.6) is 0 Å². The van der Waals surface area contributed by atoms with Crippen LogP contribution in [0.3, 0.4) is 0 Å². The van der Waals surface area contributed by atoms with Crippen molar-refractivity contribution >= 4 is 54.6 Å². The number of unbranched alkanes of at least 4 members (excludes halogenated alkanes) is 3. The van der Waals surface area contributed by atoms with Gasteiger partial charge in [-0.1, -0.05) is 49.2 Å². The molecule has 52 heavy (non-hydrogen) atoms. The zero-order valence-corrected chi connectivity index (χ0v) is 29.4. The number of nitro benzene ring substituents is 2. The van der Waals surface area contributed by atoms with Gasteiger partial charge in [0, 0.05) is 37.4 Å². The molecule has 0 unspecified atom stereocenters. The van der Waals surface area contributed by atoms with Gasteiger partial charge in [-0.2, -0.15) is 0 Å². The molecular formula is C34H36N6O10S2. The van der Waals surface area contributed by atoms with Gasteiger partial charge in [-0.25, -0.2) is 16.8 Å². The van der Waals surface area contributed by atoms with E-state index < -0.39 is 54.8 Å². The molecule has 2 N–H and O–H groups in total. The van der Waals surface area contributed by atoms with Crippen molar-refractivity contribution in [1.29, 1.82) is 0 Å². The molecule has 4 aromatic carbocycles. The third-order valence-corrected chi connectivity index (χ3v) is 11.3. The topological polar surface area (TPSA) is 219 Å². The van der Waals surface area contributed by atoms with E-state index in [4.69, 9.17) is 0 Å². The third-order valence-electron chi connectivity index (χ3n) is 7.68. The van der Waals surface area contributed by atoms with E-state index in [2.05, 4.69) is 10.6 Å². The van der Waals surface area contributed by atoms with Crippen molar-refractivity contribution in [2.24, 2.45) is 0 Å². The third kappa shape index (κ3) is 10.3. The van der Waals surface area contributed by atoms with E-state index in [1.54, 1.807) is 36.4 Å². The molecule has 4 aromatic rings. The van der Waals surface area contributed by atoms with Crippen molar-refractivity contribution in [3.63, 3.8) is 0 Å². The van der Waals surface area contributed by atoms with Crippen LogP contribution in [-0.2, 0) is 29.6 Å². The van der Waals surface area contributed by atoms with E-state index >= 15 is 0 Å². The second kappa shape index (κ2) is 17.9. The van der Waals surface area contributed by atoms with Gasteiger partial charge in [-0.3, -0.25) is 38.4 Å². The zero-order valence-electron chi connectivity index (χ0n) is 27.7. The van der Waals surface area contributed by atoms with Crippen molar-refractivity contribution < 1.29 is 36.3 Å². The summed E-state index contributed by atoms with van der Waals surface area (Å²) in [6, 6.07) is 24.7. The Morgan fingerprint density at radius 3 is 1.15 bits per heavy atom. The van der Waals surface area contributed by atoms with Crippen LogP contribution in [0.25, 0.3) is 0 Å². The first-order chi connectivity index (χ1) is 24.8. The fraction of sp³-hybridized carbons (Fsp3) is 0.235. The number of rotatable bonds is 19. The largest absolute Gasteiger partial charge is 0.355 e. The van der Waals surface area contributed by atoms with Crippen molar-refractivity contribution in [2.45, 2.75) is 35.5 Å². The average Bonchev–Trinajstić information content (AvgIpc) is 3.14. The molecule has 0 saturated carbocycles. The van der Waals surface area contributed by atoms with Gasteiger partial charge in [-0.15, -0.1) is 0 Å². The number of hydrogen-bond donors (Lipinski definition) is 2. The summed E-state index contributed by atoms with van der Waals surface area (Å²) in [5, 5.41) is 27.6. The lowest BCUT2D eigenvalue weighted by molar-refractivity contribution is -0.385. The van der Waals surface area contributed by atoms with Crippen LogP contribution >= 0.6 is 0 Å². The molecule has 0 spiro atoms. The van der Waals surface area contributed by atoms with E-state index in [0.29, 0.717) is 25.7 Å². The maximum Gasteiger partial charge on any atom is 0.269 e. The molecule has 0 saturated heterocycles. The predicted octanol–water partition coefficient (Wildman–Crippen LogP) is 4.39. The molecule has 0 aliphatic rings. The summed E-state index contributed by atoms with van der Waals surface area (Å²) in [5.41, 5.74) is -0.296. The first kappa shape index (κ1) is 38.9. The Labute approximate surface area is 300 Å². The average molecular weight is 753 g/mol. The van der Waals surface area contributed by atoms with E-state index in [1.165, 1.54) is 48.5 Å². The van der Waals surface area contributed by atoms with Crippen molar-refractivity contribution in [1.82, 2.24) is 10.6 Å². The van der Waals surface area contributed by atoms with Crippen LogP contribution in [0.4, 0.5) is 22.7 Å². The number of hydrogen-bond acceptors (Lipinski definition) is 10. The number of anilines is 2. The van der Waals surface area contributed by atoms with Crippen molar-refractivity contribution in [3.05, 3.63) is 129 Å². The summed E-state index contributed by atoms with van der Waals surface area (Å²) in [6.45, 7) is -0.631. The monoisotopic (exact) mass is 752 g/mol. The number of carbonyl (C=O) groups is 2. The minimum absolute atomic E-state index is 0.0508.